The van der Waals surface area contributed by atoms with Crippen LogP contribution in [0, 0.1) is 5.82 Å². The minimum atomic E-state index is -0.477. The molecule has 1 aromatic heterocycles. The van der Waals surface area contributed by atoms with Crippen molar-refractivity contribution >= 4 is 28.8 Å². The molecule has 0 spiro atoms. The van der Waals surface area contributed by atoms with Crippen LogP contribution in [0.1, 0.15) is 43.7 Å². The van der Waals surface area contributed by atoms with Crippen molar-refractivity contribution in [3.8, 4) is 5.75 Å². The fourth-order valence-corrected chi connectivity index (χ4v) is 3.76. The third-order valence-corrected chi connectivity index (χ3v) is 5.77. The van der Waals surface area contributed by atoms with Gasteiger partial charge in [-0.3, -0.25) is 9.59 Å². The molecule has 0 aliphatic rings. The van der Waals surface area contributed by atoms with E-state index in [1.54, 1.807) is 30.3 Å². The van der Waals surface area contributed by atoms with Crippen LogP contribution in [0.25, 0.3) is 0 Å². The summed E-state index contributed by atoms with van der Waals surface area (Å²) in [7, 11) is 0. The van der Waals surface area contributed by atoms with Gasteiger partial charge in [0, 0.05) is 11.3 Å². The van der Waals surface area contributed by atoms with Crippen molar-refractivity contribution < 1.29 is 18.7 Å². The van der Waals surface area contributed by atoms with Crippen LogP contribution in [-0.4, -0.2) is 22.0 Å². The summed E-state index contributed by atoms with van der Waals surface area (Å²) < 4.78 is 19.0. The number of nitrogens with zero attached hydrogens (tertiary/aromatic N) is 2. The Balaban J connectivity index is 1.29. The van der Waals surface area contributed by atoms with Gasteiger partial charge in [0.25, 0.3) is 11.8 Å². The number of ether oxygens (including phenoxy) is 1. The molecule has 34 heavy (non-hydrogen) atoms. The summed E-state index contributed by atoms with van der Waals surface area (Å²) in [6, 6.07) is 22.0. The lowest BCUT2D eigenvalue weighted by Crippen LogP contribution is -2.26. The Labute approximate surface area is 199 Å². The van der Waals surface area contributed by atoms with Gasteiger partial charge in [-0.2, -0.15) is 0 Å². The number of nitrogens with one attached hydrogen (secondary N) is 2. The Kier molecular flexibility index (Phi) is 7.24. The number of hydrogen-bond donors (Lipinski definition) is 2. The van der Waals surface area contributed by atoms with E-state index in [1.807, 2.05) is 37.3 Å². The first-order valence-electron chi connectivity index (χ1n) is 10.5. The predicted molar refractivity (Wildman–Crippen MR) is 127 cm³/mol. The maximum Gasteiger partial charge on any atom is 0.286 e. The van der Waals surface area contributed by atoms with Gasteiger partial charge in [-0.05, 0) is 55.0 Å². The van der Waals surface area contributed by atoms with Crippen molar-refractivity contribution in [3.63, 3.8) is 0 Å². The molecule has 1 heterocycles. The van der Waals surface area contributed by atoms with Gasteiger partial charge in [-0.25, -0.2) is 4.39 Å². The lowest BCUT2D eigenvalue weighted by atomic mass is 10.1. The Bertz CT molecular complexity index is 1280. The molecule has 0 bridgehead atoms. The molecule has 0 saturated carbocycles. The minimum Gasteiger partial charge on any atom is -0.486 e. The van der Waals surface area contributed by atoms with Gasteiger partial charge in [-0.15, -0.1) is 10.2 Å². The summed E-state index contributed by atoms with van der Waals surface area (Å²) >= 11 is 1.08. The lowest BCUT2D eigenvalue weighted by molar-refractivity contribution is 0.0939. The molecule has 1 atom stereocenters. The molecule has 0 aliphatic heterocycles. The van der Waals surface area contributed by atoms with Gasteiger partial charge in [0.05, 0.1) is 6.04 Å². The predicted octanol–water partition coefficient (Wildman–Crippen LogP) is 5.00. The normalized spacial score (nSPS) is 11.5. The van der Waals surface area contributed by atoms with E-state index in [-0.39, 0.29) is 23.6 Å². The van der Waals surface area contributed by atoms with Gasteiger partial charge in [-0.1, -0.05) is 47.7 Å². The van der Waals surface area contributed by atoms with Crippen LogP contribution in [0.3, 0.4) is 0 Å². The van der Waals surface area contributed by atoms with Crippen LogP contribution < -0.4 is 15.4 Å². The van der Waals surface area contributed by atoms with Gasteiger partial charge < -0.3 is 15.4 Å². The average molecular weight is 477 g/mol. The standard InChI is InChI=1S/C25H21FN4O3S/c1-16(17-6-3-2-4-7-17)27-23(31)18-10-12-21(13-11-18)33-15-22-29-30-25(34-22)24(32)28-20-9-5-8-19(26)14-20/h2-14,16H,15H2,1H3,(H,27,31)(H,28,32). The SMILES string of the molecule is CC(NC(=O)c1ccc(OCc2nnc(C(=O)Nc3cccc(F)c3)s2)cc1)c1ccccc1. The highest BCUT2D eigenvalue weighted by atomic mass is 32.1. The monoisotopic (exact) mass is 476 g/mol. The van der Waals surface area contributed by atoms with Crippen LogP contribution in [0.4, 0.5) is 10.1 Å². The average Bonchev–Trinajstić information content (AvgIpc) is 3.33. The van der Waals surface area contributed by atoms with E-state index >= 15 is 0 Å². The maximum atomic E-state index is 13.3. The molecule has 4 aromatic rings. The van der Waals surface area contributed by atoms with Crippen LogP contribution in [0.5, 0.6) is 5.75 Å². The summed E-state index contributed by atoms with van der Waals surface area (Å²) in [5.41, 5.74) is 1.87. The summed E-state index contributed by atoms with van der Waals surface area (Å²) in [5.74, 6) is -0.553. The lowest BCUT2D eigenvalue weighted by Gasteiger charge is -2.14. The second-order valence-corrected chi connectivity index (χ2v) is 8.45. The molecule has 1 unspecified atom stereocenters. The quantitative estimate of drug-likeness (QED) is 0.373. The number of carbonyl (C=O) groups excluding carboxylic acids is 2. The highest BCUT2D eigenvalue weighted by Gasteiger charge is 2.14. The molecule has 172 valence electrons. The van der Waals surface area contributed by atoms with E-state index < -0.39 is 11.7 Å². The number of benzene rings is 3. The zero-order valence-corrected chi connectivity index (χ0v) is 19.0. The largest absolute Gasteiger partial charge is 0.486 e. The van der Waals surface area contributed by atoms with Crippen molar-refractivity contribution in [2.45, 2.75) is 19.6 Å². The van der Waals surface area contributed by atoms with E-state index in [2.05, 4.69) is 20.8 Å². The summed E-state index contributed by atoms with van der Waals surface area (Å²) in [4.78, 5) is 24.8. The molecular weight excluding hydrogens is 455 g/mol. The molecule has 0 saturated heterocycles. The molecule has 0 aliphatic carbocycles. The van der Waals surface area contributed by atoms with E-state index in [4.69, 9.17) is 4.74 Å². The molecule has 7 nitrogen and oxygen atoms in total. The van der Waals surface area contributed by atoms with Gasteiger partial charge in [0.1, 0.15) is 18.2 Å². The van der Waals surface area contributed by atoms with Gasteiger partial charge in [0.15, 0.2) is 5.01 Å². The molecule has 9 heteroatoms. The third-order valence-electron chi connectivity index (χ3n) is 4.87. The number of halogens is 1. The number of rotatable bonds is 8. The molecule has 4 rings (SSSR count). The second-order valence-electron chi connectivity index (χ2n) is 7.38. The van der Waals surface area contributed by atoms with E-state index in [0.717, 1.165) is 16.9 Å². The third kappa shape index (κ3) is 6.02. The first-order valence-corrected chi connectivity index (χ1v) is 11.3. The number of hydrogen-bond acceptors (Lipinski definition) is 6. The summed E-state index contributed by atoms with van der Waals surface area (Å²) in [6.45, 7) is 2.04. The van der Waals surface area contributed by atoms with Crippen LogP contribution in [-0.2, 0) is 6.61 Å². The first kappa shape index (κ1) is 23.1. The molecule has 0 radical (unpaired) electrons. The minimum absolute atomic E-state index is 0.113. The maximum absolute atomic E-state index is 13.3. The van der Waals surface area contributed by atoms with Gasteiger partial charge >= 0.3 is 0 Å². The Hall–Kier alpha value is -4.11. The molecule has 2 N–H and O–H groups in total. The van der Waals surface area contributed by atoms with E-state index in [1.165, 1.54) is 18.2 Å². The molecular formula is C25H21FN4O3S. The second kappa shape index (κ2) is 10.7. The highest BCUT2D eigenvalue weighted by molar-refractivity contribution is 7.13. The number of anilines is 1. The van der Waals surface area contributed by atoms with Crippen LogP contribution in [0.15, 0.2) is 78.9 Å². The van der Waals surface area contributed by atoms with Crippen molar-refractivity contribution in [2.24, 2.45) is 0 Å². The topological polar surface area (TPSA) is 93.2 Å². The van der Waals surface area contributed by atoms with Crippen molar-refractivity contribution in [1.29, 1.82) is 0 Å². The fraction of sp³-hybridized carbons (Fsp3) is 0.120. The summed E-state index contributed by atoms with van der Waals surface area (Å²) in [6.07, 6.45) is 0. The van der Waals surface area contributed by atoms with Crippen molar-refractivity contribution in [2.75, 3.05) is 5.32 Å². The van der Waals surface area contributed by atoms with Crippen LogP contribution >= 0.6 is 11.3 Å². The van der Waals surface area contributed by atoms with Crippen molar-refractivity contribution in [1.82, 2.24) is 15.5 Å². The highest BCUT2D eigenvalue weighted by Crippen LogP contribution is 2.19. The Morgan fingerprint density at radius 2 is 1.74 bits per heavy atom. The summed E-state index contributed by atoms with van der Waals surface area (Å²) in [5, 5.41) is 14.0. The van der Waals surface area contributed by atoms with E-state index in [9.17, 15) is 14.0 Å². The number of amides is 2. The molecule has 0 fully saturated rings. The van der Waals surface area contributed by atoms with Crippen molar-refractivity contribution in [3.05, 3.63) is 106 Å². The smallest absolute Gasteiger partial charge is 0.286 e. The van der Waals surface area contributed by atoms with Crippen LogP contribution in [0.2, 0.25) is 0 Å². The molecule has 2 amide bonds. The zero-order chi connectivity index (χ0) is 23.9. The van der Waals surface area contributed by atoms with E-state index in [0.29, 0.717) is 22.0 Å². The Morgan fingerprint density at radius 3 is 2.47 bits per heavy atom. The van der Waals surface area contributed by atoms with Gasteiger partial charge in [0.2, 0.25) is 5.01 Å². The first-order chi connectivity index (χ1) is 16.5. The Morgan fingerprint density at radius 1 is 0.971 bits per heavy atom. The zero-order valence-electron chi connectivity index (χ0n) is 18.2. The number of carbonyl (C=O) groups is 2. The molecule has 3 aromatic carbocycles. The fourth-order valence-electron chi connectivity index (χ4n) is 3.11. The number of aromatic nitrogens is 2.